The molecule has 1 saturated heterocycles. The Morgan fingerprint density at radius 1 is 0.977 bits per heavy atom. The number of aromatic amines is 1. The molecule has 2 aromatic heterocycles. The van der Waals surface area contributed by atoms with Gasteiger partial charge in [0, 0.05) is 43.0 Å². The number of carbonyl (C=O) groups is 1. The fourth-order valence-electron chi connectivity index (χ4n) is 5.53. The lowest BCUT2D eigenvalue weighted by Crippen LogP contribution is -2.44. The van der Waals surface area contributed by atoms with E-state index in [9.17, 15) is 4.79 Å². The van der Waals surface area contributed by atoms with Crippen LogP contribution in [0.1, 0.15) is 55.1 Å². The van der Waals surface area contributed by atoms with Gasteiger partial charge in [0.05, 0.1) is 11.0 Å². The number of rotatable bonds is 8. The number of amides is 1. The van der Waals surface area contributed by atoms with Crippen LogP contribution in [0.5, 0.6) is 11.6 Å². The summed E-state index contributed by atoms with van der Waals surface area (Å²) in [5.41, 5.74) is 5.17. The number of ether oxygens (including phenoxy) is 1. The Morgan fingerprint density at radius 3 is 2.53 bits per heavy atom. The fraction of sp³-hybridized carbons (Fsp3) is 0.286. The highest BCUT2D eigenvalue weighted by atomic mass is 16.5. The number of H-pyrrole nitrogens is 1. The first-order valence-electron chi connectivity index (χ1n) is 14.9. The Kier molecular flexibility index (Phi) is 8.11. The summed E-state index contributed by atoms with van der Waals surface area (Å²) in [6.45, 7) is 9.36. The Bertz CT molecular complexity index is 1700. The van der Waals surface area contributed by atoms with Gasteiger partial charge in [-0.2, -0.15) is 0 Å². The fourth-order valence-corrected chi connectivity index (χ4v) is 5.53. The quantitative estimate of drug-likeness (QED) is 0.182. The number of likely N-dealkylation sites (tertiary alicyclic amines) is 1. The van der Waals surface area contributed by atoms with Crippen molar-refractivity contribution in [2.75, 3.05) is 18.4 Å². The van der Waals surface area contributed by atoms with Crippen LogP contribution in [0.4, 0.5) is 11.6 Å². The molecule has 0 bridgehead atoms. The third-order valence-corrected chi connectivity index (χ3v) is 7.84. The van der Waals surface area contributed by atoms with Crippen LogP contribution >= 0.6 is 0 Å². The highest BCUT2D eigenvalue weighted by Gasteiger charge is 2.22. The van der Waals surface area contributed by atoms with Crippen LogP contribution in [0.25, 0.3) is 11.0 Å². The van der Waals surface area contributed by atoms with Gasteiger partial charge in [0.15, 0.2) is 0 Å². The van der Waals surface area contributed by atoms with Gasteiger partial charge >= 0.3 is 0 Å². The second-order valence-corrected chi connectivity index (χ2v) is 12.2. The van der Waals surface area contributed by atoms with Crippen molar-refractivity contribution in [3.8, 4) is 11.6 Å². The lowest BCUT2D eigenvalue weighted by molar-refractivity contribution is 0.0909. The number of carbonyl (C=O) groups excluding carboxylic acids is 1. The number of anilines is 2. The summed E-state index contributed by atoms with van der Waals surface area (Å²) >= 11 is 0. The molecule has 43 heavy (non-hydrogen) atoms. The number of nitrogens with one attached hydrogen (secondary N) is 3. The highest BCUT2D eigenvalue weighted by molar-refractivity contribution is 5.97. The maximum atomic E-state index is 13.1. The van der Waals surface area contributed by atoms with E-state index < -0.39 is 0 Å². The standard InChI is InChI=1S/C35H38N6O2/c1-35(2,3)27-12-7-8-14-31(27)43-33-29(13-9-19-36-33)39-34-38-28-16-15-25(22-30(28)40-34)32(42)37-26-17-20-41(21-18-26)23-24-10-5-4-6-11-24/h4-16,19,22,26H,17-18,20-21,23H2,1-3H3,(H,37,42)(H2,38,39,40). The van der Waals surface area contributed by atoms with Crippen molar-refractivity contribution in [3.63, 3.8) is 0 Å². The van der Waals surface area contributed by atoms with Gasteiger partial charge in [-0.25, -0.2) is 9.97 Å². The second kappa shape index (κ2) is 12.3. The predicted octanol–water partition coefficient (Wildman–Crippen LogP) is 7.19. The number of fused-ring (bicyclic) bond motifs is 1. The minimum Gasteiger partial charge on any atom is -0.437 e. The molecule has 8 nitrogen and oxygen atoms in total. The molecule has 8 heteroatoms. The Balaban J connectivity index is 1.10. The second-order valence-electron chi connectivity index (χ2n) is 12.2. The van der Waals surface area contributed by atoms with Gasteiger partial charge in [-0.05, 0) is 60.2 Å². The number of hydrogen-bond donors (Lipinski definition) is 3. The maximum Gasteiger partial charge on any atom is 0.251 e. The Hall–Kier alpha value is -4.69. The molecule has 6 rings (SSSR count). The third kappa shape index (κ3) is 6.87. The first-order chi connectivity index (χ1) is 20.8. The molecule has 0 saturated carbocycles. The van der Waals surface area contributed by atoms with Crippen LogP contribution in [0.3, 0.4) is 0 Å². The van der Waals surface area contributed by atoms with Crippen LogP contribution < -0.4 is 15.4 Å². The van der Waals surface area contributed by atoms with Crippen molar-refractivity contribution >= 4 is 28.6 Å². The summed E-state index contributed by atoms with van der Waals surface area (Å²) in [4.78, 5) is 28.1. The van der Waals surface area contributed by atoms with Crippen molar-refractivity contribution in [2.24, 2.45) is 0 Å². The van der Waals surface area contributed by atoms with Gasteiger partial charge in [-0.3, -0.25) is 9.69 Å². The van der Waals surface area contributed by atoms with E-state index in [1.807, 2.05) is 54.6 Å². The van der Waals surface area contributed by atoms with E-state index >= 15 is 0 Å². The molecule has 1 fully saturated rings. The molecule has 3 N–H and O–H groups in total. The predicted molar refractivity (Wildman–Crippen MR) is 171 cm³/mol. The van der Waals surface area contributed by atoms with Crippen molar-refractivity contribution < 1.29 is 9.53 Å². The molecule has 1 aliphatic heterocycles. The first-order valence-corrected chi connectivity index (χ1v) is 14.9. The largest absolute Gasteiger partial charge is 0.437 e. The average molecular weight is 575 g/mol. The van der Waals surface area contributed by atoms with E-state index in [-0.39, 0.29) is 17.4 Å². The Morgan fingerprint density at radius 2 is 1.74 bits per heavy atom. The van der Waals surface area contributed by atoms with Crippen molar-refractivity contribution in [2.45, 2.75) is 51.6 Å². The van der Waals surface area contributed by atoms with E-state index in [0.29, 0.717) is 23.1 Å². The molecule has 0 unspecified atom stereocenters. The lowest BCUT2D eigenvalue weighted by atomic mass is 9.86. The van der Waals surface area contributed by atoms with E-state index in [2.05, 4.69) is 81.6 Å². The molecule has 3 heterocycles. The summed E-state index contributed by atoms with van der Waals surface area (Å²) in [5, 5.41) is 6.55. The number of imidazole rings is 1. The summed E-state index contributed by atoms with van der Waals surface area (Å²) in [6, 6.07) is 28.0. The van der Waals surface area contributed by atoms with E-state index in [0.717, 1.165) is 54.8 Å². The zero-order valence-electron chi connectivity index (χ0n) is 24.9. The monoisotopic (exact) mass is 574 g/mol. The maximum absolute atomic E-state index is 13.1. The molecule has 220 valence electrons. The molecular weight excluding hydrogens is 536 g/mol. The molecule has 0 spiro atoms. The van der Waals surface area contributed by atoms with E-state index in [4.69, 9.17) is 4.74 Å². The van der Waals surface area contributed by atoms with Crippen LogP contribution in [0, 0.1) is 0 Å². The number of pyridine rings is 1. The number of para-hydroxylation sites is 1. The molecule has 0 radical (unpaired) electrons. The molecule has 3 aromatic carbocycles. The molecule has 5 aromatic rings. The average Bonchev–Trinajstić information content (AvgIpc) is 3.41. The van der Waals surface area contributed by atoms with E-state index in [1.54, 1.807) is 6.20 Å². The van der Waals surface area contributed by atoms with Crippen molar-refractivity contribution in [1.29, 1.82) is 0 Å². The summed E-state index contributed by atoms with van der Waals surface area (Å²) < 4.78 is 6.30. The normalized spacial score (nSPS) is 14.5. The van der Waals surface area contributed by atoms with Gasteiger partial charge in [0.1, 0.15) is 11.4 Å². The minimum absolute atomic E-state index is 0.0621. The molecule has 0 aliphatic carbocycles. The smallest absolute Gasteiger partial charge is 0.251 e. The number of piperidine rings is 1. The van der Waals surface area contributed by atoms with Gasteiger partial charge in [-0.15, -0.1) is 0 Å². The first kappa shape index (κ1) is 28.4. The summed E-state index contributed by atoms with van der Waals surface area (Å²) in [5.74, 6) is 1.70. The molecule has 1 amide bonds. The summed E-state index contributed by atoms with van der Waals surface area (Å²) in [6.07, 6.45) is 3.58. The van der Waals surface area contributed by atoms with Gasteiger partial charge in [0.25, 0.3) is 5.91 Å². The molecule has 1 aliphatic rings. The minimum atomic E-state index is -0.0819. The molecular formula is C35H38N6O2. The van der Waals surface area contributed by atoms with Crippen LogP contribution in [0.2, 0.25) is 0 Å². The zero-order chi connectivity index (χ0) is 29.8. The van der Waals surface area contributed by atoms with Crippen molar-refractivity contribution in [1.82, 2.24) is 25.2 Å². The molecule has 0 atom stereocenters. The van der Waals surface area contributed by atoms with Gasteiger partial charge in [0.2, 0.25) is 11.8 Å². The lowest BCUT2D eigenvalue weighted by Gasteiger charge is -2.32. The number of aromatic nitrogens is 3. The Labute approximate surface area is 252 Å². The van der Waals surface area contributed by atoms with Crippen molar-refractivity contribution in [3.05, 3.63) is 108 Å². The van der Waals surface area contributed by atoms with Crippen LogP contribution in [-0.2, 0) is 12.0 Å². The number of nitrogens with zero attached hydrogens (tertiary/aromatic N) is 3. The summed E-state index contributed by atoms with van der Waals surface area (Å²) in [7, 11) is 0. The zero-order valence-corrected chi connectivity index (χ0v) is 24.9. The third-order valence-electron chi connectivity index (χ3n) is 7.84. The van der Waals surface area contributed by atoms with Gasteiger partial charge in [-0.1, -0.05) is 69.3 Å². The van der Waals surface area contributed by atoms with E-state index in [1.165, 1.54) is 5.56 Å². The SMILES string of the molecule is CC(C)(C)c1ccccc1Oc1ncccc1Nc1nc2ccc(C(=O)NC3CCN(Cc4ccccc4)CC3)cc2[nH]1. The van der Waals surface area contributed by atoms with Gasteiger partial charge < -0.3 is 20.4 Å². The number of hydrogen-bond acceptors (Lipinski definition) is 6. The van der Waals surface area contributed by atoms with Crippen LogP contribution in [-0.4, -0.2) is 44.9 Å². The highest BCUT2D eigenvalue weighted by Crippen LogP contribution is 2.36. The topological polar surface area (TPSA) is 95.2 Å². The number of benzene rings is 3. The van der Waals surface area contributed by atoms with Crippen LogP contribution in [0.15, 0.2) is 91.1 Å².